The number of rotatable bonds is 8. The fraction of sp³-hybridized carbons (Fsp3) is 0.103. The maximum atomic E-state index is 13.3. The van der Waals surface area contributed by atoms with Crippen molar-refractivity contribution in [2.75, 3.05) is 12.4 Å². The molecule has 3 aromatic rings. The predicted octanol–water partition coefficient (Wildman–Crippen LogP) is 4.58. The van der Waals surface area contributed by atoms with E-state index < -0.39 is 11.9 Å². The molecule has 181 valence electrons. The van der Waals surface area contributed by atoms with Gasteiger partial charge in [0.1, 0.15) is 11.8 Å². The van der Waals surface area contributed by atoms with Crippen LogP contribution in [-0.4, -0.2) is 24.8 Å². The molecule has 1 aliphatic rings. The summed E-state index contributed by atoms with van der Waals surface area (Å²) in [6.45, 7) is 0. The number of methoxy groups -OCH3 is 1. The van der Waals surface area contributed by atoms with Gasteiger partial charge in [-0.05, 0) is 66.6 Å². The second-order valence-corrected chi connectivity index (χ2v) is 8.06. The van der Waals surface area contributed by atoms with Crippen LogP contribution in [0.15, 0.2) is 103 Å². The van der Waals surface area contributed by atoms with E-state index in [0.717, 1.165) is 12.1 Å². The Hall–Kier alpha value is -4.65. The van der Waals surface area contributed by atoms with E-state index >= 15 is 0 Å². The highest BCUT2D eigenvalue weighted by atomic mass is 16.5. The van der Waals surface area contributed by atoms with Crippen molar-refractivity contribution in [1.82, 2.24) is 10.6 Å². The molecule has 0 aliphatic heterocycles. The van der Waals surface area contributed by atoms with E-state index in [9.17, 15) is 14.4 Å². The maximum absolute atomic E-state index is 13.3. The van der Waals surface area contributed by atoms with Crippen LogP contribution in [0.2, 0.25) is 0 Å². The predicted molar refractivity (Wildman–Crippen MR) is 138 cm³/mol. The fourth-order valence-electron chi connectivity index (χ4n) is 3.63. The van der Waals surface area contributed by atoms with Crippen LogP contribution in [0.4, 0.5) is 5.69 Å². The molecule has 7 heteroatoms. The maximum Gasteiger partial charge on any atom is 0.255 e. The van der Waals surface area contributed by atoms with Crippen LogP contribution in [-0.2, 0) is 4.79 Å². The van der Waals surface area contributed by atoms with Gasteiger partial charge < -0.3 is 20.7 Å². The molecule has 0 bridgehead atoms. The standard InChI is InChI=1S/C29H26N3O4/c1-36-25-18-16-24(17-19-25)31-29(35)26(32-28(34)21-8-4-2-5-9-21)20-12-14-22(15-13-20)27(33)30-23-10-6-3-7-11-23/h2-6,8-19,26H,7H2,1H3,(H,30,33)(H,31,35)(H,32,34). The average molecular weight is 481 g/mol. The highest BCUT2D eigenvalue weighted by Crippen LogP contribution is 2.20. The first kappa shape index (κ1) is 24.5. The third-order valence-electron chi connectivity index (χ3n) is 5.58. The van der Waals surface area contributed by atoms with E-state index in [1.165, 1.54) is 0 Å². The van der Waals surface area contributed by atoms with Gasteiger partial charge in [-0.1, -0.05) is 42.5 Å². The smallest absolute Gasteiger partial charge is 0.255 e. The van der Waals surface area contributed by atoms with Crippen molar-refractivity contribution in [3.63, 3.8) is 0 Å². The van der Waals surface area contributed by atoms with Crippen molar-refractivity contribution in [1.29, 1.82) is 0 Å². The summed E-state index contributed by atoms with van der Waals surface area (Å²) in [6, 6.07) is 21.2. The highest BCUT2D eigenvalue weighted by Gasteiger charge is 2.24. The van der Waals surface area contributed by atoms with Gasteiger partial charge in [0.25, 0.3) is 17.7 Å². The van der Waals surface area contributed by atoms with Gasteiger partial charge in [-0.2, -0.15) is 0 Å². The van der Waals surface area contributed by atoms with E-state index in [1.807, 2.05) is 30.7 Å². The van der Waals surface area contributed by atoms with Gasteiger partial charge >= 0.3 is 0 Å². The quantitative estimate of drug-likeness (QED) is 0.440. The van der Waals surface area contributed by atoms with Gasteiger partial charge in [0.2, 0.25) is 0 Å². The molecule has 1 radical (unpaired) electrons. The molecule has 0 saturated carbocycles. The Morgan fingerprint density at radius 1 is 0.806 bits per heavy atom. The number of ether oxygens (including phenoxy) is 1. The van der Waals surface area contributed by atoms with Crippen LogP contribution in [0.1, 0.15) is 38.7 Å². The second-order valence-electron chi connectivity index (χ2n) is 8.06. The van der Waals surface area contributed by atoms with Crippen molar-refractivity contribution in [3.05, 3.63) is 126 Å². The second kappa shape index (κ2) is 11.7. The van der Waals surface area contributed by atoms with Crippen LogP contribution in [0.3, 0.4) is 0 Å². The summed E-state index contributed by atoms with van der Waals surface area (Å²) >= 11 is 0. The lowest BCUT2D eigenvalue weighted by Gasteiger charge is -2.20. The topological polar surface area (TPSA) is 96.5 Å². The Kier molecular flexibility index (Phi) is 7.93. The van der Waals surface area contributed by atoms with E-state index in [2.05, 4.69) is 16.0 Å². The number of benzene rings is 3. The minimum Gasteiger partial charge on any atom is -0.497 e. The van der Waals surface area contributed by atoms with Crippen LogP contribution in [0, 0.1) is 6.42 Å². The number of hydrogen-bond donors (Lipinski definition) is 3. The number of allylic oxidation sites excluding steroid dienone is 4. The molecule has 3 aromatic carbocycles. The Labute approximate surface area is 209 Å². The Bertz CT molecular complexity index is 1280. The normalized spacial score (nSPS) is 13.2. The van der Waals surface area contributed by atoms with Crippen LogP contribution in [0.25, 0.3) is 0 Å². The zero-order valence-electron chi connectivity index (χ0n) is 19.7. The zero-order valence-corrected chi connectivity index (χ0v) is 19.7. The van der Waals surface area contributed by atoms with Crippen molar-refractivity contribution < 1.29 is 19.1 Å². The molecule has 1 atom stereocenters. The molecule has 7 nitrogen and oxygen atoms in total. The van der Waals surface area contributed by atoms with E-state index in [0.29, 0.717) is 28.1 Å². The van der Waals surface area contributed by atoms with Gasteiger partial charge in [0, 0.05) is 28.9 Å². The van der Waals surface area contributed by atoms with Gasteiger partial charge in [-0.3, -0.25) is 14.4 Å². The molecule has 0 heterocycles. The van der Waals surface area contributed by atoms with Crippen LogP contribution < -0.4 is 20.7 Å². The van der Waals surface area contributed by atoms with Gasteiger partial charge in [0.15, 0.2) is 0 Å². The molecule has 3 N–H and O–H groups in total. The van der Waals surface area contributed by atoms with Crippen molar-refractivity contribution in [2.45, 2.75) is 12.5 Å². The monoisotopic (exact) mass is 480 g/mol. The summed E-state index contributed by atoms with van der Waals surface area (Å²) < 4.78 is 5.16. The lowest BCUT2D eigenvalue weighted by atomic mass is 10.0. The molecular weight excluding hydrogens is 454 g/mol. The minimum absolute atomic E-state index is 0.257. The lowest BCUT2D eigenvalue weighted by molar-refractivity contribution is -0.118. The molecular formula is C29H26N3O4. The first-order valence-electron chi connectivity index (χ1n) is 11.5. The summed E-state index contributed by atoms with van der Waals surface area (Å²) in [5, 5.41) is 8.50. The van der Waals surface area contributed by atoms with Crippen molar-refractivity contribution in [3.8, 4) is 5.75 Å². The molecule has 0 fully saturated rings. The number of carbonyl (C=O) groups excluding carboxylic acids is 3. The number of amides is 3. The molecule has 1 unspecified atom stereocenters. The minimum atomic E-state index is -0.989. The largest absolute Gasteiger partial charge is 0.497 e. The van der Waals surface area contributed by atoms with Gasteiger partial charge in [-0.25, -0.2) is 0 Å². The molecule has 4 rings (SSSR count). The summed E-state index contributed by atoms with van der Waals surface area (Å²) in [5.41, 5.74) is 2.70. The molecule has 0 saturated heterocycles. The van der Waals surface area contributed by atoms with E-state index in [1.54, 1.807) is 79.9 Å². The molecule has 1 aliphatic carbocycles. The van der Waals surface area contributed by atoms with Crippen molar-refractivity contribution >= 4 is 23.4 Å². The Morgan fingerprint density at radius 2 is 1.50 bits per heavy atom. The number of carbonyl (C=O) groups is 3. The fourth-order valence-corrected chi connectivity index (χ4v) is 3.63. The average Bonchev–Trinajstić information content (AvgIpc) is 2.93. The highest BCUT2D eigenvalue weighted by molar-refractivity contribution is 6.02. The summed E-state index contributed by atoms with van der Waals surface area (Å²) in [6.07, 6.45) is 8.39. The molecule has 0 spiro atoms. The van der Waals surface area contributed by atoms with Crippen LogP contribution >= 0.6 is 0 Å². The SMILES string of the molecule is COc1ccc(NC(=O)C(NC(=O)c2ccccc2)c2ccc(C(=O)NC3=CC=CC[CH]3)cc2)cc1. The van der Waals surface area contributed by atoms with Gasteiger partial charge in [-0.15, -0.1) is 0 Å². The summed E-state index contributed by atoms with van der Waals surface area (Å²) in [7, 11) is 1.56. The first-order chi connectivity index (χ1) is 17.5. The van der Waals surface area contributed by atoms with E-state index in [4.69, 9.17) is 4.74 Å². The number of hydrogen-bond acceptors (Lipinski definition) is 4. The molecule has 0 aromatic heterocycles. The van der Waals surface area contributed by atoms with Crippen LogP contribution in [0.5, 0.6) is 5.75 Å². The van der Waals surface area contributed by atoms with Crippen molar-refractivity contribution in [2.24, 2.45) is 0 Å². The first-order valence-corrected chi connectivity index (χ1v) is 11.5. The third-order valence-corrected chi connectivity index (χ3v) is 5.58. The van der Waals surface area contributed by atoms with E-state index in [-0.39, 0.29) is 11.8 Å². The zero-order chi connectivity index (χ0) is 25.3. The number of nitrogens with one attached hydrogen (secondary N) is 3. The Morgan fingerprint density at radius 3 is 2.14 bits per heavy atom. The molecule has 36 heavy (non-hydrogen) atoms. The summed E-state index contributed by atoms with van der Waals surface area (Å²) in [5.74, 6) is -0.407. The third kappa shape index (κ3) is 6.27. The van der Waals surface area contributed by atoms with Gasteiger partial charge in [0.05, 0.1) is 7.11 Å². The number of anilines is 1. The lowest BCUT2D eigenvalue weighted by Crippen LogP contribution is -2.37. The molecule has 3 amide bonds. The summed E-state index contributed by atoms with van der Waals surface area (Å²) in [4.78, 5) is 38.8. The Balaban J connectivity index is 1.54.